The van der Waals surface area contributed by atoms with E-state index in [-0.39, 0.29) is 11.2 Å². The maximum Gasteiger partial charge on any atom is 0.237 e. The molecule has 3 rings (SSSR count). The summed E-state index contributed by atoms with van der Waals surface area (Å²) in [5.41, 5.74) is 1.54. The third-order valence-electron chi connectivity index (χ3n) is 3.30. The monoisotopic (exact) mass is 358 g/mol. The Balaban J connectivity index is 1.65. The number of hydrogen-bond donors (Lipinski definition) is 2. The van der Waals surface area contributed by atoms with Gasteiger partial charge >= 0.3 is 0 Å². The van der Waals surface area contributed by atoms with Crippen molar-refractivity contribution in [2.75, 3.05) is 5.32 Å². The van der Waals surface area contributed by atoms with Crippen LogP contribution in [-0.2, 0) is 4.79 Å². The van der Waals surface area contributed by atoms with Crippen molar-refractivity contribution in [2.45, 2.75) is 17.3 Å². The lowest BCUT2D eigenvalue weighted by Gasteiger charge is -2.11. The summed E-state index contributed by atoms with van der Waals surface area (Å²) in [6.45, 7) is 1.80. The first-order valence-electron chi connectivity index (χ1n) is 7.33. The van der Waals surface area contributed by atoms with Gasteiger partial charge in [0, 0.05) is 5.56 Å². The van der Waals surface area contributed by atoms with Crippen molar-refractivity contribution in [1.82, 2.24) is 15.2 Å². The van der Waals surface area contributed by atoms with Gasteiger partial charge in [0.05, 0.1) is 16.0 Å². The molecule has 5 nitrogen and oxygen atoms in total. The average Bonchev–Trinajstić information content (AvgIpc) is 3.06. The number of carbonyl (C=O) groups excluding carboxylic acids is 1. The zero-order valence-electron chi connectivity index (χ0n) is 12.9. The Bertz CT molecular complexity index is 837. The molecular weight excluding hydrogens is 344 g/mol. The van der Waals surface area contributed by atoms with Crippen LogP contribution in [-0.4, -0.2) is 26.3 Å². The van der Waals surface area contributed by atoms with Crippen molar-refractivity contribution in [3.05, 3.63) is 59.6 Å². The molecule has 3 aromatic rings. The molecule has 0 radical (unpaired) electrons. The summed E-state index contributed by atoms with van der Waals surface area (Å²) < 4.78 is 0. The number of aromatic amines is 1. The molecule has 1 heterocycles. The second-order valence-electron chi connectivity index (χ2n) is 5.06. The van der Waals surface area contributed by atoms with Crippen LogP contribution in [0.2, 0.25) is 5.02 Å². The molecule has 1 atom stereocenters. The molecule has 0 aliphatic rings. The van der Waals surface area contributed by atoms with Crippen molar-refractivity contribution in [3.8, 4) is 11.4 Å². The highest BCUT2D eigenvalue weighted by atomic mass is 35.5. The summed E-state index contributed by atoms with van der Waals surface area (Å²) in [7, 11) is 0. The van der Waals surface area contributed by atoms with E-state index in [0.29, 0.717) is 21.7 Å². The smallest absolute Gasteiger partial charge is 0.237 e. The number of anilines is 1. The van der Waals surface area contributed by atoms with Crippen LogP contribution < -0.4 is 5.32 Å². The molecule has 0 fully saturated rings. The van der Waals surface area contributed by atoms with Gasteiger partial charge in [-0.1, -0.05) is 65.8 Å². The van der Waals surface area contributed by atoms with Crippen molar-refractivity contribution >= 4 is 35.0 Å². The molecule has 2 aromatic carbocycles. The summed E-state index contributed by atoms with van der Waals surface area (Å²) >= 11 is 7.34. The van der Waals surface area contributed by atoms with Gasteiger partial charge in [0.2, 0.25) is 11.1 Å². The standard InChI is InChI=1S/C17H15ClN4OS/c1-11(16(23)19-14-10-6-5-9-13(14)18)24-17-20-15(21-22-17)12-7-3-2-4-8-12/h2-11H,1H3,(H,19,23)(H,20,21,22)/t11-/m0/s1. The van der Waals surface area contributed by atoms with Crippen LogP contribution in [0.3, 0.4) is 0 Å². The van der Waals surface area contributed by atoms with Gasteiger partial charge < -0.3 is 5.32 Å². The Kier molecular flexibility index (Phi) is 5.17. The third kappa shape index (κ3) is 3.96. The average molecular weight is 359 g/mol. The number of halogens is 1. The summed E-state index contributed by atoms with van der Waals surface area (Å²) in [5.74, 6) is 0.524. The highest BCUT2D eigenvalue weighted by molar-refractivity contribution is 8.00. The Morgan fingerprint density at radius 2 is 1.88 bits per heavy atom. The van der Waals surface area contributed by atoms with E-state index < -0.39 is 0 Å². The van der Waals surface area contributed by atoms with Gasteiger partial charge in [-0.2, -0.15) is 0 Å². The Labute approximate surface area is 148 Å². The lowest BCUT2D eigenvalue weighted by atomic mass is 10.2. The number of nitrogens with zero attached hydrogens (tertiary/aromatic N) is 2. The summed E-state index contributed by atoms with van der Waals surface area (Å²) in [6, 6.07) is 16.8. The molecule has 0 spiro atoms. The summed E-state index contributed by atoms with van der Waals surface area (Å²) in [6.07, 6.45) is 0. The lowest BCUT2D eigenvalue weighted by molar-refractivity contribution is -0.115. The maximum atomic E-state index is 12.3. The zero-order chi connectivity index (χ0) is 16.9. The Hall–Kier alpha value is -2.31. The third-order valence-corrected chi connectivity index (χ3v) is 4.59. The number of amides is 1. The fourth-order valence-corrected chi connectivity index (χ4v) is 2.94. The van der Waals surface area contributed by atoms with Crippen molar-refractivity contribution < 1.29 is 4.79 Å². The van der Waals surface area contributed by atoms with Gasteiger partial charge in [0.15, 0.2) is 5.82 Å². The minimum absolute atomic E-state index is 0.154. The molecule has 0 aliphatic carbocycles. The van der Waals surface area contributed by atoms with E-state index in [9.17, 15) is 4.79 Å². The van der Waals surface area contributed by atoms with Crippen LogP contribution in [0.5, 0.6) is 0 Å². The van der Waals surface area contributed by atoms with Crippen LogP contribution >= 0.6 is 23.4 Å². The topological polar surface area (TPSA) is 70.7 Å². The number of aromatic nitrogens is 3. The molecule has 1 aromatic heterocycles. The second-order valence-corrected chi connectivity index (χ2v) is 6.78. The molecule has 2 N–H and O–H groups in total. The molecule has 0 bridgehead atoms. The normalized spacial score (nSPS) is 11.9. The minimum Gasteiger partial charge on any atom is -0.324 e. The van der Waals surface area contributed by atoms with E-state index >= 15 is 0 Å². The summed E-state index contributed by atoms with van der Waals surface area (Å²) in [5, 5.41) is 10.5. The highest BCUT2D eigenvalue weighted by Gasteiger charge is 2.18. The molecule has 122 valence electrons. The fourth-order valence-electron chi connectivity index (χ4n) is 2.03. The van der Waals surface area contributed by atoms with Crippen LogP contribution in [0.1, 0.15) is 6.92 Å². The number of rotatable bonds is 5. The van der Waals surface area contributed by atoms with Crippen LogP contribution in [0.25, 0.3) is 11.4 Å². The second kappa shape index (κ2) is 7.51. The lowest BCUT2D eigenvalue weighted by Crippen LogP contribution is -2.22. The van der Waals surface area contributed by atoms with E-state index in [1.165, 1.54) is 11.8 Å². The molecule has 0 saturated carbocycles. The quantitative estimate of drug-likeness (QED) is 0.669. The molecule has 1 amide bonds. The molecule has 0 saturated heterocycles. The van der Waals surface area contributed by atoms with Crippen LogP contribution in [0.4, 0.5) is 5.69 Å². The van der Waals surface area contributed by atoms with Crippen molar-refractivity contribution in [2.24, 2.45) is 0 Å². The predicted octanol–water partition coefficient (Wildman–Crippen LogP) is 4.24. The van der Waals surface area contributed by atoms with Crippen molar-refractivity contribution in [3.63, 3.8) is 0 Å². The SMILES string of the molecule is C[C@H](Sc1n[nH]c(-c2ccccc2)n1)C(=O)Nc1ccccc1Cl. The number of nitrogens with one attached hydrogen (secondary N) is 2. The largest absolute Gasteiger partial charge is 0.324 e. The van der Waals surface area contributed by atoms with Gasteiger partial charge in [-0.05, 0) is 19.1 Å². The number of H-pyrrole nitrogens is 1. The van der Waals surface area contributed by atoms with Crippen LogP contribution in [0.15, 0.2) is 59.8 Å². The van der Waals surface area contributed by atoms with E-state index in [1.807, 2.05) is 42.5 Å². The zero-order valence-corrected chi connectivity index (χ0v) is 14.4. The van der Waals surface area contributed by atoms with Gasteiger partial charge in [0.1, 0.15) is 0 Å². The molecule has 24 heavy (non-hydrogen) atoms. The van der Waals surface area contributed by atoms with Gasteiger partial charge in [-0.15, -0.1) is 5.10 Å². The number of benzene rings is 2. The van der Waals surface area contributed by atoms with Gasteiger partial charge in [0.25, 0.3) is 0 Å². The number of para-hydroxylation sites is 1. The number of hydrogen-bond acceptors (Lipinski definition) is 4. The Morgan fingerprint density at radius 3 is 2.62 bits per heavy atom. The van der Waals surface area contributed by atoms with E-state index in [4.69, 9.17) is 11.6 Å². The fraction of sp³-hybridized carbons (Fsp3) is 0.118. The first-order chi connectivity index (χ1) is 11.6. The molecule has 0 unspecified atom stereocenters. The minimum atomic E-state index is -0.360. The van der Waals surface area contributed by atoms with Gasteiger partial charge in [-0.25, -0.2) is 4.98 Å². The molecule has 0 aliphatic heterocycles. The maximum absolute atomic E-state index is 12.3. The van der Waals surface area contributed by atoms with E-state index in [0.717, 1.165) is 5.56 Å². The highest BCUT2D eigenvalue weighted by Crippen LogP contribution is 2.25. The molecular formula is C17H15ClN4OS. The van der Waals surface area contributed by atoms with Crippen molar-refractivity contribution in [1.29, 1.82) is 0 Å². The Morgan fingerprint density at radius 1 is 1.17 bits per heavy atom. The number of thioether (sulfide) groups is 1. The van der Waals surface area contributed by atoms with E-state index in [1.54, 1.807) is 19.1 Å². The van der Waals surface area contributed by atoms with Gasteiger partial charge in [-0.3, -0.25) is 9.89 Å². The molecule has 7 heteroatoms. The summed E-state index contributed by atoms with van der Waals surface area (Å²) in [4.78, 5) is 16.7. The first kappa shape index (κ1) is 16.5. The van der Waals surface area contributed by atoms with Crippen LogP contribution in [0, 0.1) is 0 Å². The number of carbonyl (C=O) groups is 1. The van der Waals surface area contributed by atoms with E-state index in [2.05, 4.69) is 20.5 Å². The predicted molar refractivity (Wildman–Crippen MR) is 97.2 cm³/mol. The first-order valence-corrected chi connectivity index (χ1v) is 8.59.